The maximum absolute atomic E-state index is 11.2. The molecule has 0 unspecified atom stereocenters. The highest BCUT2D eigenvalue weighted by Gasteiger charge is 2.20. The van der Waals surface area contributed by atoms with Gasteiger partial charge in [-0.05, 0) is 19.1 Å². The van der Waals surface area contributed by atoms with Gasteiger partial charge in [-0.3, -0.25) is 14.4 Å². The Kier molecular flexibility index (Phi) is 6.37. The lowest BCUT2D eigenvalue weighted by atomic mass is 10.2. The van der Waals surface area contributed by atoms with Gasteiger partial charge in [0.1, 0.15) is 11.5 Å². The Morgan fingerprint density at radius 2 is 1.45 bits per heavy atom. The van der Waals surface area contributed by atoms with Crippen molar-refractivity contribution in [3.63, 3.8) is 0 Å². The van der Waals surface area contributed by atoms with Crippen LogP contribution in [0, 0.1) is 0 Å². The van der Waals surface area contributed by atoms with Gasteiger partial charge in [-0.15, -0.1) is 0 Å². The number of benzene rings is 1. The summed E-state index contributed by atoms with van der Waals surface area (Å²) in [6.07, 6.45) is -1.25. The van der Waals surface area contributed by atoms with E-state index in [9.17, 15) is 14.4 Å². The number of carbonyl (C=O) groups is 3. The van der Waals surface area contributed by atoms with Crippen LogP contribution < -0.4 is 9.47 Å². The van der Waals surface area contributed by atoms with Gasteiger partial charge in [0.25, 0.3) is 6.29 Å². The fourth-order valence-electron chi connectivity index (χ4n) is 1.67. The second-order valence-corrected chi connectivity index (χ2v) is 4.32. The molecule has 120 valence electrons. The van der Waals surface area contributed by atoms with Crippen LogP contribution in [0.15, 0.2) is 18.2 Å². The van der Waals surface area contributed by atoms with E-state index < -0.39 is 24.2 Å². The van der Waals surface area contributed by atoms with E-state index in [2.05, 4.69) is 0 Å². The number of carbonyl (C=O) groups excluding carboxylic acids is 3. The summed E-state index contributed by atoms with van der Waals surface area (Å²) in [7, 11) is 0. The Balaban J connectivity index is 3.20. The minimum absolute atomic E-state index is 0.192. The van der Waals surface area contributed by atoms with Crippen molar-refractivity contribution in [1.82, 2.24) is 0 Å². The minimum atomic E-state index is -1.25. The molecule has 7 heteroatoms. The highest BCUT2D eigenvalue weighted by molar-refractivity contribution is 5.70. The van der Waals surface area contributed by atoms with Crippen molar-refractivity contribution in [3.05, 3.63) is 23.8 Å². The first-order chi connectivity index (χ1) is 10.3. The zero-order valence-corrected chi connectivity index (χ0v) is 12.9. The molecule has 1 aromatic carbocycles. The average molecular weight is 310 g/mol. The maximum atomic E-state index is 11.2. The molecule has 0 aliphatic rings. The molecule has 0 fully saturated rings. The van der Waals surface area contributed by atoms with Crippen molar-refractivity contribution in [2.24, 2.45) is 0 Å². The minimum Gasteiger partial charge on any atom is -0.494 e. The first kappa shape index (κ1) is 17.5. The van der Waals surface area contributed by atoms with Gasteiger partial charge in [0, 0.05) is 32.4 Å². The Morgan fingerprint density at radius 3 is 1.91 bits per heavy atom. The molecule has 0 bridgehead atoms. The molecule has 0 aliphatic heterocycles. The summed E-state index contributed by atoms with van der Waals surface area (Å²) < 4.78 is 20.3. The smallest absolute Gasteiger partial charge is 0.308 e. The van der Waals surface area contributed by atoms with Crippen LogP contribution in [-0.2, 0) is 23.9 Å². The van der Waals surface area contributed by atoms with E-state index in [1.807, 2.05) is 0 Å². The molecule has 22 heavy (non-hydrogen) atoms. The molecule has 0 saturated heterocycles. The summed E-state index contributed by atoms with van der Waals surface area (Å²) in [5.41, 5.74) is 0.313. The van der Waals surface area contributed by atoms with E-state index in [4.69, 9.17) is 18.9 Å². The van der Waals surface area contributed by atoms with E-state index in [0.29, 0.717) is 17.9 Å². The molecule has 0 spiro atoms. The lowest BCUT2D eigenvalue weighted by molar-refractivity contribution is -0.186. The molecule has 0 heterocycles. The van der Waals surface area contributed by atoms with Crippen molar-refractivity contribution in [2.75, 3.05) is 6.61 Å². The van der Waals surface area contributed by atoms with Crippen molar-refractivity contribution in [3.8, 4) is 11.5 Å². The van der Waals surface area contributed by atoms with Gasteiger partial charge in [-0.2, -0.15) is 0 Å². The fraction of sp³-hybridized carbons (Fsp3) is 0.400. The molecular weight excluding hydrogens is 292 g/mol. The van der Waals surface area contributed by atoms with E-state index in [0.717, 1.165) is 0 Å². The average Bonchev–Trinajstić information content (AvgIpc) is 2.36. The normalized spacial score (nSPS) is 10.0. The van der Waals surface area contributed by atoms with Gasteiger partial charge in [0.15, 0.2) is 0 Å². The zero-order chi connectivity index (χ0) is 16.7. The first-order valence-electron chi connectivity index (χ1n) is 6.62. The van der Waals surface area contributed by atoms with Gasteiger partial charge in [0.05, 0.1) is 6.61 Å². The highest BCUT2D eigenvalue weighted by atomic mass is 16.7. The summed E-state index contributed by atoms with van der Waals surface area (Å²) >= 11 is 0. The predicted molar refractivity (Wildman–Crippen MR) is 75.2 cm³/mol. The number of hydrogen-bond donors (Lipinski definition) is 0. The molecule has 0 aliphatic carbocycles. The van der Waals surface area contributed by atoms with E-state index in [-0.39, 0.29) is 5.75 Å². The van der Waals surface area contributed by atoms with E-state index in [1.165, 1.54) is 39.0 Å². The Morgan fingerprint density at radius 1 is 0.909 bits per heavy atom. The quantitative estimate of drug-likeness (QED) is 0.452. The molecule has 0 N–H and O–H groups in total. The predicted octanol–water partition coefficient (Wildman–Crippen LogP) is 2.14. The lowest BCUT2D eigenvalue weighted by Crippen LogP contribution is -2.15. The van der Waals surface area contributed by atoms with Crippen LogP contribution in [0.1, 0.15) is 39.5 Å². The Hall–Kier alpha value is -2.57. The standard InChI is InChI=1S/C15H18O7/c1-5-19-13-6-12(7-14(8-13)20-9(2)16)15(21-10(3)17)22-11(4)18/h6-8,15H,5H2,1-4H3. The van der Waals surface area contributed by atoms with Crippen molar-refractivity contribution >= 4 is 17.9 Å². The van der Waals surface area contributed by atoms with Crippen LogP contribution in [-0.4, -0.2) is 24.5 Å². The Bertz CT molecular complexity index is 549. The third kappa shape index (κ3) is 5.82. The molecule has 0 aromatic heterocycles. The molecule has 0 amide bonds. The summed E-state index contributed by atoms with van der Waals surface area (Å²) in [5.74, 6) is -1.18. The topological polar surface area (TPSA) is 88.1 Å². The summed E-state index contributed by atoms with van der Waals surface area (Å²) in [6, 6.07) is 4.47. The van der Waals surface area contributed by atoms with Crippen molar-refractivity contribution in [2.45, 2.75) is 34.0 Å². The monoisotopic (exact) mass is 310 g/mol. The van der Waals surface area contributed by atoms with E-state index >= 15 is 0 Å². The number of ether oxygens (including phenoxy) is 4. The second kappa shape index (κ2) is 8.02. The number of rotatable bonds is 6. The van der Waals surface area contributed by atoms with Gasteiger partial charge in [0.2, 0.25) is 0 Å². The fourth-order valence-corrected chi connectivity index (χ4v) is 1.67. The number of esters is 3. The lowest BCUT2D eigenvalue weighted by Gasteiger charge is -2.18. The summed E-state index contributed by atoms with van der Waals surface area (Å²) in [6.45, 7) is 5.80. The molecule has 7 nitrogen and oxygen atoms in total. The second-order valence-electron chi connectivity index (χ2n) is 4.32. The third-order valence-electron chi connectivity index (χ3n) is 2.29. The Labute approximate surface area is 128 Å². The van der Waals surface area contributed by atoms with Crippen LogP contribution in [0.5, 0.6) is 11.5 Å². The van der Waals surface area contributed by atoms with Crippen LogP contribution in [0.4, 0.5) is 0 Å². The van der Waals surface area contributed by atoms with Gasteiger partial charge in [-0.25, -0.2) is 0 Å². The molecule has 1 aromatic rings. The molecular formula is C15H18O7. The zero-order valence-electron chi connectivity index (χ0n) is 12.9. The van der Waals surface area contributed by atoms with Crippen molar-refractivity contribution < 1.29 is 33.3 Å². The van der Waals surface area contributed by atoms with Gasteiger partial charge in [-0.1, -0.05) is 0 Å². The third-order valence-corrected chi connectivity index (χ3v) is 2.29. The molecule has 0 radical (unpaired) electrons. The molecule has 0 saturated carbocycles. The summed E-state index contributed by atoms with van der Waals surface area (Å²) in [4.78, 5) is 33.4. The van der Waals surface area contributed by atoms with Crippen LogP contribution in [0.3, 0.4) is 0 Å². The van der Waals surface area contributed by atoms with Crippen LogP contribution in [0.25, 0.3) is 0 Å². The largest absolute Gasteiger partial charge is 0.494 e. The highest BCUT2D eigenvalue weighted by Crippen LogP contribution is 2.29. The number of hydrogen-bond acceptors (Lipinski definition) is 7. The van der Waals surface area contributed by atoms with Gasteiger partial charge < -0.3 is 18.9 Å². The van der Waals surface area contributed by atoms with E-state index in [1.54, 1.807) is 6.92 Å². The van der Waals surface area contributed by atoms with Crippen molar-refractivity contribution in [1.29, 1.82) is 0 Å². The van der Waals surface area contributed by atoms with Gasteiger partial charge >= 0.3 is 17.9 Å². The SMILES string of the molecule is CCOc1cc(OC(C)=O)cc(C(OC(C)=O)OC(C)=O)c1. The molecule has 1 rings (SSSR count). The first-order valence-corrected chi connectivity index (χ1v) is 6.62. The van der Waals surface area contributed by atoms with Crippen LogP contribution >= 0.6 is 0 Å². The molecule has 0 atom stereocenters. The van der Waals surface area contributed by atoms with Crippen LogP contribution in [0.2, 0.25) is 0 Å². The summed E-state index contributed by atoms with van der Waals surface area (Å²) in [5, 5.41) is 0. The maximum Gasteiger partial charge on any atom is 0.308 e.